The summed E-state index contributed by atoms with van der Waals surface area (Å²) in [5.41, 5.74) is 6.70. The van der Waals surface area contributed by atoms with Crippen molar-refractivity contribution in [3.05, 3.63) is 61.9 Å². The Kier molecular flexibility index (Phi) is 5.20. The number of carbonyl (C=O) groups excluding carboxylic acids is 1. The molecule has 3 aromatic rings. The van der Waals surface area contributed by atoms with Gasteiger partial charge < -0.3 is 10.5 Å². The Morgan fingerprint density at radius 2 is 1.76 bits per heavy atom. The molecule has 0 fully saturated rings. The number of rotatable bonds is 3. The van der Waals surface area contributed by atoms with E-state index in [2.05, 4.69) is 9.97 Å². The first kappa shape index (κ1) is 18.0. The fraction of sp³-hybridized carbons (Fsp3) is 0.0625. The smallest absolute Gasteiger partial charge is 0.358 e. The van der Waals surface area contributed by atoms with Crippen LogP contribution in [0.3, 0.4) is 0 Å². The van der Waals surface area contributed by atoms with Gasteiger partial charge in [-0.05, 0) is 12.1 Å². The van der Waals surface area contributed by atoms with Crippen molar-refractivity contribution in [2.24, 2.45) is 0 Å². The molecule has 1 aromatic carbocycles. The van der Waals surface area contributed by atoms with Gasteiger partial charge >= 0.3 is 5.97 Å². The standard InChI is InChI=1S/C16H9Cl4N3O2/c17-10-12(21)11(18)15(20)23-13(10)16(24)25-6-8-5-7-3-1-2-4-9(7)22-14(8)19/h1-5H,6H2,(H2,21,23). The van der Waals surface area contributed by atoms with E-state index < -0.39 is 5.97 Å². The molecule has 128 valence electrons. The van der Waals surface area contributed by atoms with Crippen molar-refractivity contribution in [2.45, 2.75) is 6.61 Å². The molecule has 0 aliphatic rings. The summed E-state index contributed by atoms with van der Waals surface area (Å²) in [6.45, 7) is -0.117. The lowest BCUT2D eigenvalue weighted by molar-refractivity contribution is 0.0466. The molecule has 0 atom stereocenters. The number of fused-ring (bicyclic) bond motifs is 1. The van der Waals surface area contributed by atoms with E-state index in [9.17, 15) is 4.79 Å². The molecular weight excluding hydrogens is 408 g/mol. The van der Waals surface area contributed by atoms with E-state index >= 15 is 0 Å². The maximum Gasteiger partial charge on any atom is 0.358 e. The van der Waals surface area contributed by atoms with Crippen LogP contribution in [0.2, 0.25) is 20.4 Å². The first-order valence-corrected chi connectivity index (χ1v) is 8.41. The first-order chi connectivity index (χ1) is 11.9. The second-order valence-corrected chi connectivity index (χ2v) is 6.47. The van der Waals surface area contributed by atoms with Gasteiger partial charge in [0.1, 0.15) is 16.8 Å². The average molecular weight is 417 g/mol. The van der Waals surface area contributed by atoms with Crippen molar-refractivity contribution in [3.8, 4) is 0 Å². The van der Waals surface area contributed by atoms with Crippen LogP contribution in [-0.4, -0.2) is 15.9 Å². The highest BCUT2D eigenvalue weighted by molar-refractivity contribution is 6.46. The summed E-state index contributed by atoms with van der Waals surface area (Å²) in [7, 11) is 0. The molecule has 0 aliphatic heterocycles. The highest BCUT2D eigenvalue weighted by Gasteiger charge is 2.21. The molecule has 9 heteroatoms. The van der Waals surface area contributed by atoms with Crippen molar-refractivity contribution in [1.82, 2.24) is 9.97 Å². The molecule has 0 radical (unpaired) electrons. The van der Waals surface area contributed by atoms with Crippen LogP contribution in [0.5, 0.6) is 0 Å². The molecule has 0 aliphatic carbocycles. The summed E-state index contributed by atoms with van der Waals surface area (Å²) in [6.07, 6.45) is 0. The van der Waals surface area contributed by atoms with Crippen LogP contribution in [0.15, 0.2) is 30.3 Å². The fourth-order valence-electron chi connectivity index (χ4n) is 2.12. The number of carbonyl (C=O) groups is 1. The Morgan fingerprint density at radius 1 is 1.04 bits per heavy atom. The first-order valence-electron chi connectivity index (χ1n) is 6.89. The van der Waals surface area contributed by atoms with Crippen LogP contribution in [0.4, 0.5) is 5.69 Å². The number of benzene rings is 1. The summed E-state index contributed by atoms with van der Waals surface area (Å²) in [5, 5.41) is 0.820. The van der Waals surface area contributed by atoms with Gasteiger partial charge in [0.15, 0.2) is 10.8 Å². The topological polar surface area (TPSA) is 78.1 Å². The van der Waals surface area contributed by atoms with E-state index in [1.54, 1.807) is 6.07 Å². The number of para-hydroxylation sites is 1. The molecular formula is C16H9Cl4N3O2. The van der Waals surface area contributed by atoms with Gasteiger partial charge in [0, 0.05) is 10.9 Å². The molecule has 2 aromatic heterocycles. The number of nitrogen functional groups attached to an aromatic ring is 1. The van der Waals surface area contributed by atoms with Gasteiger partial charge in [-0.3, -0.25) is 0 Å². The Labute approximate surface area is 162 Å². The molecule has 0 saturated carbocycles. The zero-order chi connectivity index (χ0) is 18.1. The predicted molar refractivity (Wildman–Crippen MR) is 99.6 cm³/mol. The Morgan fingerprint density at radius 3 is 2.52 bits per heavy atom. The largest absolute Gasteiger partial charge is 0.456 e. The zero-order valence-electron chi connectivity index (χ0n) is 12.4. The van der Waals surface area contributed by atoms with E-state index in [-0.39, 0.29) is 38.3 Å². The van der Waals surface area contributed by atoms with Gasteiger partial charge in [-0.2, -0.15) is 0 Å². The highest BCUT2D eigenvalue weighted by atomic mass is 35.5. The number of ether oxygens (including phenoxy) is 1. The SMILES string of the molecule is Nc1c(Cl)c(Cl)nc(C(=O)OCc2cc3ccccc3nc2Cl)c1Cl. The third kappa shape index (κ3) is 3.60. The quantitative estimate of drug-likeness (QED) is 0.469. The lowest BCUT2D eigenvalue weighted by Crippen LogP contribution is -2.10. The number of hydrogen-bond donors (Lipinski definition) is 1. The summed E-state index contributed by atoms with van der Waals surface area (Å²) in [5.74, 6) is -0.806. The fourth-order valence-corrected chi connectivity index (χ4v) is 2.90. The third-order valence-corrected chi connectivity index (χ3v) is 4.84. The molecule has 0 saturated heterocycles. The third-order valence-electron chi connectivity index (χ3n) is 3.37. The molecule has 0 spiro atoms. The van der Waals surface area contributed by atoms with E-state index in [0.717, 1.165) is 10.9 Å². The number of esters is 1. The van der Waals surface area contributed by atoms with Gasteiger partial charge in [0.25, 0.3) is 0 Å². The second kappa shape index (κ2) is 7.22. The summed E-state index contributed by atoms with van der Waals surface area (Å²) in [6, 6.07) is 9.22. The highest BCUT2D eigenvalue weighted by Crippen LogP contribution is 2.34. The predicted octanol–water partition coefficient (Wildman–Crippen LogP) is 5.18. The minimum Gasteiger partial charge on any atom is -0.456 e. The van der Waals surface area contributed by atoms with Gasteiger partial charge in [-0.1, -0.05) is 64.6 Å². The van der Waals surface area contributed by atoms with E-state index in [1.807, 2.05) is 24.3 Å². The number of halogens is 4. The van der Waals surface area contributed by atoms with Crippen molar-refractivity contribution >= 4 is 69.0 Å². The van der Waals surface area contributed by atoms with E-state index in [0.29, 0.717) is 5.56 Å². The minimum atomic E-state index is -0.806. The summed E-state index contributed by atoms with van der Waals surface area (Å²) in [4.78, 5) is 20.3. The van der Waals surface area contributed by atoms with Crippen molar-refractivity contribution in [2.75, 3.05) is 5.73 Å². The Hall–Kier alpha value is -1.79. The monoisotopic (exact) mass is 415 g/mol. The van der Waals surface area contributed by atoms with Crippen molar-refractivity contribution in [1.29, 1.82) is 0 Å². The molecule has 25 heavy (non-hydrogen) atoms. The molecule has 2 heterocycles. The van der Waals surface area contributed by atoms with Crippen LogP contribution in [-0.2, 0) is 11.3 Å². The molecule has 0 bridgehead atoms. The molecule has 3 rings (SSSR count). The van der Waals surface area contributed by atoms with E-state index in [1.165, 1.54) is 0 Å². The van der Waals surface area contributed by atoms with Crippen LogP contribution in [0, 0.1) is 0 Å². The van der Waals surface area contributed by atoms with Crippen LogP contribution in [0.25, 0.3) is 10.9 Å². The van der Waals surface area contributed by atoms with Crippen molar-refractivity contribution in [3.63, 3.8) is 0 Å². The summed E-state index contributed by atoms with van der Waals surface area (Å²) >= 11 is 23.8. The van der Waals surface area contributed by atoms with Gasteiger partial charge in [-0.25, -0.2) is 14.8 Å². The van der Waals surface area contributed by atoms with Crippen molar-refractivity contribution < 1.29 is 9.53 Å². The molecule has 0 unspecified atom stereocenters. The molecule has 0 amide bonds. The maximum absolute atomic E-state index is 12.2. The second-order valence-electron chi connectivity index (χ2n) is 5.00. The van der Waals surface area contributed by atoms with Crippen LogP contribution in [0.1, 0.15) is 16.1 Å². The number of anilines is 1. The van der Waals surface area contributed by atoms with Crippen LogP contribution < -0.4 is 5.73 Å². The Balaban J connectivity index is 1.85. The molecule has 5 nitrogen and oxygen atoms in total. The van der Waals surface area contributed by atoms with Gasteiger partial charge in [0.05, 0.1) is 16.2 Å². The lowest BCUT2D eigenvalue weighted by Gasteiger charge is -2.10. The minimum absolute atomic E-state index is 0.0232. The molecule has 2 N–H and O–H groups in total. The average Bonchev–Trinajstić information content (AvgIpc) is 2.60. The Bertz CT molecular complexity index is 995. The van der Waals surface area contributed by atoms with Crippen LogP contribution >= 0.6 is 46.4 Å². The van der Waals surface area contributed by atoms with E-state index in [4.69, 9.17) is 56.9 Å². The van der Waals surface area contributed by atoms with Gasteiger partial charge in [0.2, 0.25) is 0 Å². The zero-order valence-corrected chi connectivity index (χ0v) is 15.4. The summed E-state index contributed by atoms with van der Waals surface area (Å²) < 4.78 is 5.21. The normalized spacial score (nSPS) is 10.9. The number of pyridine rings is 2. The number of nitrogens with zero attached hydrogens (tertiary/aromatic N) is 2. The number of aromatic nitrogens is 2. The lowest BCUT2D eigenvalue weighted by atomic mass is 10.2. The number of hydrogen-bond acceptors (Lipinski definition) is 5. The number of nitrogens with two attached hydrogens (primary N) is 1. The maximum atomic E-state index is 12.2. The van der Waals surface area contributed by atoms with Gasteiger partial charge in [-0.15, -0.1) is 0 Å².